The van der Waals surface area contributed by atoms with Crippen molar-refractivity contribution >= 4 is 0 Å². The number of halogens is 3. The Morgan fingerprint density at radius 3 is 2.64 bits per heavy atom. The van der Waals surface area contributed by atoms with E-state index in [2.05, 4.69) is 22.8 Å². The number of nitrogens with one attached hydrogen (secondary N) is 2. The van der Waals surface area contributed by atoms with Gasteiger partial charge in [-0.2, -0.15) is 13.2 Å². The van der Waals surface area contributed by atoms with Crippen molar-refractivity contribution in [3.63, 3.8) is 0 Å². The SMILES string of the molecule is COc1ccc(OCC(F)(F)F)cc1CNC1CCCNC1c1ccccc1. The Bertz CT molecular complexity index is 753. The van der Waals surface area contributed by atoms with Crippen LogP contribution in [-0.4, -0.2) is 32.5 Å². The molecule has 1 saturated heterocycles. The normalized spacial score (nSPS) is 20.0. The maximum Gasteiger partial charge on any atom is 0.422 e. The lowest BCUT2D eigenvalue weighted by molar-refractivity contribution is -0.153. The summed E-state index contributed by atoms with van der Waals surface area (Å²) in [4.78, 5) is 0. The van der Waals surface area contributed by atoms with Crippen LogP contribution in [0.5, 0.6) is 11.5 Å². The maximum absolute atomic E-state index is 12.4. The zero-order valence-electron chi connectivity index (χ0n) is 15.8. The minimum Gasteiger partial charge on any atom is -0.496 e. The van der Waals surface area contributed by atoms with Crippen LogP contribution in [0.1, 0.15) is 30.0 Å². The van der Waals surface area contributed by atoms with E-state index in [1.807, 2.05) is 18.2 Å². The van der Waals surface area contributed by atoms with Gasteiger partial charge in [0.05, 0.1) is 7.11 Å². The van der Waals surface area contributed by atoms with Crippen molar-refractivity contribution in [1.82, 2.24) is 10.6 Å². The van der Waals surface area contributed by atoms with Gasteiger partial charge in [-0.25, -0.2) is 0 Å². The van der Waals surface area contributed by atoms with E-state index in [1.165, 1.54) is 11.6 Å². The zero-order valence-corrected chi connectivity index (χ0v) is 15.8. The van der Waals surface area contributed by atoms with Crippen LogP contribution < -0.4 is 20.1 Å². The van der Waals surface area contributed by atoms with Crippen LogP contribution in [0.15, 0.2) is 48.5 Å². The quantitative estimate of drug-likeness (QED) is 0.738. The molecule has 2 aromatic carbocycles. The minimum absolute atomic E-state index is 0.177. The number of rotatable bonds is 7. The van der Waals surface area contributed by atoms with Crippen molar-refractivity contribution in [1.29, 1.82) is 0 Å². The summed E-state index contributed by atoms with van der Waals surface area (Å²) in [6.45, 7) is 0.124. The topological polar surface area (TPSA) is 42.5 Å². The maximum atomic E-state index is 12.4. The Balaban J connectivity index is 1.69. The molecule has 0 aromatic heterocycles. The summed E-state index contributed by atoms with van der Waals surface area (Å²) >= 11 is 0. The van der Waals surface area contributed by atoms with Crippen molar-refractivity contribution in [3.8, 4) is 11.5 Å². The van der Waals surface area contributed by atoms with E-state index in [-0.39, 0.29) is 17.8 Å². The largest absolute Gasteiger partial charge is 0.496 e. The number of benzene rings is 2. The molecule has 1 aliphatic heterocycles. The fraction of sp³-hybridized carbons (Fsp3) is 0.429. The summed E-state index contributed by atoms with van der Waals surface area (Å²) in [6, 6.07) is 15.4. The van der Waals surface area contributed by atoms with Gasteiger partial charge in [-0.05, 0) is 43.1 Å². The summed E-state index contributed by atoms with van der Waals surface area (Å²) in [7, 11) is 1.55. The highest BCUT2D eigenvalue weighted by Gasteiger charge is 2.29. The fourth-order valence-electron chi connectivity index (χ4n) is 3.51. The van der Waals surface area contributed by atoms with Gasteiger partial charge in [-0.15, -0.1) is 0 Å². The van der Waals surface area contributed by atoms with Crippen molar-refractivity contribution in [2.75, 3.05) is 20.3 Å². The minimum atomic E-state index is -4.37. The molecule has 0 aliphatic carbocycles. The van der Waals surface area contributed by atoms with E-state index in [0.29, 0.717) is 12.3 Å². The van der Waals surface area contributed by atoms with Gasteiger partial charge in [0.1, 0.15) is 11.5 Å². The van der Waals surface area contributed by atoms with Crippen molar-refractivity contribution in [3.05, 3.63) is 59.7 Å². The number of hydrogen-bond acceptors (Lipinski definition) is 4. The second-order valence-corrected chi connectivity index (χ2v) is 6.85. The third kappa shape index (κ3) is 5.62. The monoisotopic (exact) mass is 394 g/mol. The molecule has 2 N–H and O–H groups in total. The van der Waals surface area contributed by atoms with Crippen LogP contribution in [0, 0.1) is 0 Å². The molecular formula is C21H25F3N2O2. The molecule has 3 rings (SSSR count). The molecule has 2 atom stereocenters. The van der Waals surface area contributed by atoms with Crippen LogP contribution in [0.4, 0.5) is 13.2 Å². The zero-order chi connectivity index (χ0) is 20.0. The lowest BCUT2D eigenvalue weighted by atomic mass is 9.92. The molecule has 2 aromatic rings. The molecule has 7 heteroatoms. The molecule has 0 spiro atoms. The van der Waals surface area contributed by atoms with Crippen LogP contribution in [0.2, 0.25) is 0 Å². The van der Waals surface area contributed by atoms with Gasteiger partial charge in [0, 0.05) is 24.2 Å². The van der Waals surface area contributed by atoms with Gasteiger partial charge in [-0.1, -0.05) is 30.3 Å². The van der Waals surface area contributed by atoms with E-state index in [1.54, 1.807) is 19.2 Å². The van der Waals surface area contributed by atoms with E-state index < -0.39 is 12.8 Å². The second-order valence-electron chi connectivity index (χ2n) is 6.85. The first-order chi connectivity index (χ1) is 13.5. The molecule has 0 amide bonds. The van der Waals surface area contributed by atoms with E-state index in [4.69, 9.17) is 9.47 Å². The van der Waals surface area contributed by atoms with Gasteiger partial charge in [0.15, 0.2) is 6.61 Å². The molecule has 2 unspecified atom stereocenters. The van der Waals surface area contributed by atoms with E-state index >= 15 is 0 Å². The average Bonchev–Trinajstić information content (AvgIpc) is 2.71. The third-order valence-corrected chi connectivity index (χ3v) is 4.83. The molecule has 152 valence electrons. The summed E-state index contributed by atoms with van der Waals surface area (Å²) in [5.41, 5.74) is 1.98. The van der Waals surface area contributed by atoms with Gasteiger partial charge >= 0.3 is 6.18 Å². The number of methoxy groups -OCH3 is 1. The van der Waals surface area contributed by atoms with Crippen LogP contribution in [-0.2, 0) is 6.54 Å². The van der Waals surface area contributed by atoms with E-state index in [0.717, 1.165) is 24.9 Å². The molecule has 0 radical (unpaired) electrons. The Hall–Kier alpha value is -2.25. The summed E-state index contributed by atoms with van der Waals surface area (Å²) < 4.78 is 47.5. The highest BCUT2D eigenvalue weighted by Crippen LogP contribution is 2.28. The van der Waals surface area contributed by atoms with Gasteiger partial charge in [0.25, 0.3) is 0 Å². The standard InChI is InChI=1S/C21H25F3N2O2/c1-27-19-10-9-17(28-14-21(22,23)24)12-16(19)13-26-18-8-5-11-25-20(18)15-6-3-2-4-7-15/h2-4,6-7,9-10,12,18,20,25-26H,5,8,11,13-14H2,1H3. The Morgan fingerprint density at radius 1 is 1.14 bits per heavy atom. The molecule has 1 fully saturated rings. The highest BCUT2D eigenvalue weighted by atomic mass is 19.4. The molecule has 1 heterocycles. The first kappa shape index (κ1) is 20.5. The smallest absolute Gasteiger partial charge is 0.422 e. The van der Waals surface area contributed by atoms with Crippen molar-refractivity contribution in [2.45, 2.75) is 37.6 Å². The van der Waals surface area contributed by atoms with Crippen molar-refractivity contribution in [2.24, 2.45) is 0 Å². The predicted molar refractivity (Wildman–Crippen MR) is 102 cm³/mol. The average molecular weight is 394 g/mol. The molecule has 28 heavy (non-hydrogen) atoms. The Morgan fingerprint density at radius 2 is 1.93 bits per heavy atom. The third-order valence-electron chi connectivity index (χ3n) is 4.83. The molecule has 0 bridgehead atoms. The van der Waals surface area contributed by atoms with Crippen LogP contribution >= 0.6 is 0 Å². The Labute approximate surface area is 163 Å². The molecule has 0 saturated carbocycles. The Kier molecular flexibility index (Phi) is 6.80. The van der Waals surface area contributed by atoms with Crippen LogP contribution in [0.3, 0.4) is 0 Å². The first-order valence-electron chi connectivity index (χ1n) is 9.34. The number of alkyl halides is 3. The number of piperidine rings is 1. The van der Waals surface area contributed by atoms with E-state index in [9.17, 15) is 13.2 Å². The van der Waals surface area contributed by atoms with Gasteiger partial charge in [0.2, 0.25) is 0 Å². The van der Waals surface area contributed by atoms with Crippen LogP contribution in [0.25, 0.3) is 0 Å². The second kappa shape index (κ2) is 9.30. The fourth-order valence-corrected chi connectivity index (χ4v) is 3.51. The van der Waals surface area contributed by atoms with Gasteiger partial charge in [-0.3, -0.25) is 0 Å². The number of ether oxygens (including phenoxy) is 2. The summed E-state index contributed by atoms with van der Waals surface area (Å²) in [5.74, 6) is 0.795. The lowest BCUT2D eigenvalue weighted by Gasteiger charge is -2.34. The predicted octanol–water partition coefficient (Wildman–Crippen LogP) is 4.22. The summed E-state index contributed by atoms with van der Waals surface area (Å²) in [6.07, 6.45) is -2.29. The van der Waals surface area contributed by atoms with Crippen molar-refractivity contribution < 1.29 is 22.6 Å². The molecular weight excluding hydrogens is 369 g/mol. The van der Waals surface area contributed by atoms with Gasteiger partial charge < -0.3 is 20.1 Å². The molecule has 1 aliphatic rings. The number of hydrogen-bond donors (Lipinski definition) is 2. The molecule has 4 nitrogen and oxygen atoms in total. The highest BCUT2D eigenvalue weighted by molar-refractivity contribution is 5.40. The lowest BCUT2D eigenvalue weighted by Crippen LogP contribution is -2.45. The summed E-state index contributed by atoms with van der Waals surface area (Å²) in [5, 5.41) is 7.10. The first-order valence-corrected chi connectivity index (χ1v) is 9.34.